The SMILES string of the molecule is CC(C)c1cc(F)c2oc(N)nc2c1. The quantitative estimate of drug-likeness (QED) is 0.759. The zero-order valence-electron chi connectivity index (χ0n) is 8.04. The van der Waals surface area contributed by atoms with Crippen LogP contribution in [-0.4, -0.2) is 4.98 Å². The molecule has 0 saturated heterocycles. The van der Waals surface area contributed by atoms with Crippen molar-refractivity contribution >= 4 is 17.1 Å². The Morgan fingerprint density at radius 1 is 1.43 bits per heavy atom. The molecule has 3 nitrogen and oxygen atoms in total. The molecule has 0 unspecified atom stereocenters. The van der Waals surface area contributed by atoms with Crippen LogP contribution in [0.2, 0.25) is 0 Å². The number of nitrogens with two attached hydrogens (primary N) is 1. The number of oxazole rings is 1. The van der Waals surface area contributed by atoms with E-state index in [9.17, 15) is 4.39 Å². The van der Waals surface area contributed by atoms with Gasteiger partial charge in [-0.1, -0.05) is 13.8 Å². The highest BCUT2D eigenvalue weighted by atomic mass is 19.1. The first-order valence-corrected chi connectivity index (χ1v) is 4.43. The number of anilines is 1. The van der Waals surface area contributed by atoms with Crippen LogP contribution in [0.4, 0.5) is 10.4 Å². The molecule has 0 radical (unpaired) electrons. The molecule has 1 heterocycles. The third-order valence-electron chi connectivity index (χ3n) is 2.15. The third kappa shape index (κ3) is 1.32. The van der Waals surface area contributed by atoms with Crippen LogP contribution in [0.1, 0.15) is 25.3 Å². The number of aromatic nitrogens is 1. The zero-order chi connectivity index (χ0) is 10.3. The lowest BCUT2D eigenvalue weighted by atomic mass is 10.0. The van der Waals surface area contributed by atoms with Gasteiger partial charge in [0, 0.05) is 0 Å². The summed E-state index contributed by atoms with van der Waals surface area (Å²) in [6.45, 7) is 3.98. The van der Waals surface area contributed by atoms with Crippen LogP contribution in [0.3, 0.4) is 0 Å². The first kappa shape index (κ1) is 8.99. The van der Waals surface area contributed by atoms with E-state index in [4.69, 9.17) is 10.2 Å². The Morgan fingerprint density at radius 3 is 2.79 bits per heavy atom. The van der Waals surface area contributed by atoms with Crippen LogP contribution < -0.4 is 5.73 Å². The summed E-state index contributed by atoms with van der Waals surface area (Å²) in [5.41, 5.74) is 6.84. The fraction of sp³-hybridized carbons (Fsp3) is 0.300. The summed E-state index contributed by atoms with van der Waals surface area (Å²) in [6, 6.07) is 3.25. The fourth-order valence-electron chi connectivity index (χ4n) is 1.36. The van der Waals surface area contributed by atoms with Crippen molar-refractivity contribution in [3.63, 3.8) is 0 Å². The van der Waals surface area contributed by atoms with E-state index in [1.165, 1.54) is 6.07 Å². The second kappa shape index (κ2) is 2.97. The van der Waals surface area contributed by atoms with E-state index in [2.05, 4.69) is 4.98 Å². The topological polar surface area (TPSA) is 52.0 Å². The average molecular weight is 194 g/mol. The Bertz CT molecular complexity index is 476. The molecule has 0 fully saturated rings. The molecule has 74 valence electrons. The monoisotopic (exact) mass is 194 g/mol. The lowest BCUT2D eigenvalue weighted by Crippen LogP contribution is -1.89. The predicted molar refractivity (Wildman–Crippen MR) is 52.5 cm³/mol. The van der Waals surface area contributed by atoms with Gasteiger partial charge >= 0.3 is 0 Å². The van der Waals surface area contributed by atoms with Crippen LogP contribution in [0, 0.1) is 5.82 Å². The van der Waals surface area contributed by atoms with Crippen molar-refractivity contribution in [1.29, 1.82) is 0 Å². The van der Waals surface area contributed by atoms with Gasteiger partial charge in [0.15, 0.2) is 11.4 Å². The summed E-state index contributed by atoms with van der Waals surface area (Å²) in [5, 5.41) is 0. The summed E-state index contributed by atoms with van der Waals surface area (Å²) in [5.74, 6) is -0.151. The minimum atomic E-state index is -0.407. The van der Waals surface area contributed by atoms with Gasteiger partial charge < -0.3 is 10.2 Å². The highest BCUT2D eigenvalue weighted by Gasteiger charge is 2.11. The normalized spacial score (nSPS) is 11.4. The van der Waals surface area contributed by atoms with Gasteiger partial charge in [0.2, 0.25) is 0 Å². The number of hydrogen-bond donors (Lipinski definition) is 1. The minimum absolute atomic E-state index is 0.000180. The van der Waals surface area contributed by atoms with Gasteiger partial charge in [-0.25, -0.2) is 4.39 Å². The molecule has 0 atom stereocenters. The maximum Gasteiger partial charge on any atom is 0.293 e. The van der Waals surface area contributed by atoms with Gasteiger partial charge in [-0.3, -0.25) is 0 Å². The van der Waals surface area contributed by atoms with Crippen molar-refractivity contribution < 1.29 is 8.81 Å². The number of nitrogen functional groups attached to an aromatic ring is 1. The lowest BCUT2D eigenvalue weighted by Gasteiger charge is -2.03. The maximum absolute atomic E-state index is 13.4. The van der Waals surface area contributed by atoms with Gasteiger partial charge in [0.1, 0.15) is 5.52 Å². The predicted octanol–water partition coefficient (Wildman–Crippen LogP) is 2.67. The number of rotatable bonds is 1. The van der Waals surface area contributed by atoms with Crippen LogP contribution in [-0.2, 0) is 0 Å². The Labute approximate surface area is 80.7 Å². The number of hydrogen-bond acceptors (Lipinski definition) is 3. The minimum Gasteiger partial charge on any atom is -0.421 e. The molecule has 0 saturated carbocycles. The first-order chi connectivity index (χ1) is 6.58. The smallest absolute Gasteiger partial charge is 0.293 e. The van der Waals surface area contributed by atoms with E-state index < -0.39 is 5.82 Å². The molecule has 0 spiro atoms. The number of benzene rings is 1. The zero-order valence-corrected chi connectivity index (χ0v) is 8.04. The molecule has 14 heavy (non-hydrogen) atoms. The van der Waals surface area contributed by atoms with E-state index >= 15 is 0 Å². The molecule has 0 bridgehead atoms. The molecule has 1 aromatic heterocycles. The molecule has 2 aromatic rings. The average Bonchev–Trinajstić information content (AvgIpc) is 2.45. The van der Waals surface area contributed by atoms with Gasteiger partial charge in [0.25, 0.3) is 6.01 Å². The van der Waals surface area contributed by atoms with Crippen molar-refractivity contribution in [2.75, 3.05) is 5.73 Å². The third-order valence-corrected chi connectivity index (χ3v) is 2.15. The molecule has 0 aliphatic carbocycles. The van der Waals surface area contributed by atoms with E-state index in [-0.39, 0.29) is 17.5 Å². The van der Waals surface area contributed by atoms with Crippen molar-refractivity contribution in [3.8, 4) is 0 Å². The second-order valence-corrected chi connectivity index (χ2v) is 3.56. The summed E-state index contributed by atoms with van der Waals surface area (Å²) in [7, 11) is 0. The highest BCUT2D eigenvalue weighted by Crippen LogP contribution is 2.25. The van der Waals surface area contributed by atoms with E-state index in [0.29, 0.717) is 5.52 Å². The second-order valence-electron chi connectivity index (χ2n) is 3.56. The number of fused-ring (bicyclic) bond motifs is 1. The molecule has 0 aliphatic heterocycles. The van der Waals surface area contributed by atoms with E-state index in [0.717, 1.165) is 5.56 Å². The molecule has 2 N–H and O–H groups in total. The standard InChI is InChI=1S/C10H11FN2O/c1-5(2)6-3-7(11)9-8(4-6)13-10(12)14-9/h3-5H,1-2H3,(H2,12,13). The van der Waals surface area contributed by atoms with Crippen molar-refractivity contribution in [1.82, 2.24) is 4.98 Å². The number of nitrogens with zero attached hydrogens (tertiary/aromatic N) is 1. The largest absolute Gasteiger partial charge is 0.421 e. The Kier molecular flexibility index (Phi) is 1.91. The molecule has 0 amide bonds. The van der Waals surface area contributed by atoms with Crippen LogP contribution >= 0.6 is 0 Å². The van der Waals surface area contributed by atoms with Crippen molar-refractivity contribution in [3.05, 3.63) is 23.5 Å². The highest BCUT2D eigenvalue weighted by molar-refractivity contribution is 5.75. The van der Waals surface area contributed by atoms with Gasteiger partial charge in [-0.05, 0) is 23.6 Å². The van der Waals surface area contributed by atoms with Crippen LogP contribution in [0.5, 0.6) is 0 Å². The van der Waals surface area contributed by atoms with E-state index in [1.807, 2.05) is 13.8 Å². The van der Waals surface area contributed by atoms with Crippen LogP contribution in [0.15, 0.2) is 16.5 Å². The summed E-state index contributed by atoms with van der Waals surface area (Å²) >= 11 is 0. The van der Waals surface area contributed by atoms with Gasteiger partial charge in [0.05, 0.1) is 0 Å². The summed E-state index contributed by atoms with van der Waals surface area (Å²) in [6.07, 6.45) is 0. The fourth-order valence-corrected chi connectivity index (χ4v) is 1.36. The van der Waals surface area contributed by atoms with Crippen LogP contribution in [0.25, 0.3) is 11.1 Å². The number of halogens is 1. The summed E-state index contributed by atoms with van der Waals surface area (Å²) < 4.78 is 18.4. The molecule has 0 aliphatic rings. The molecular formula is C10H11FN2O. The lowest BCUT2D eigenvalue weighted by molar-refractivity contribution is 0.566. The maximum atomic E-state index is 13.4. The molecule has 1 aromatic carbocycles. The van der Waals surface area contributed by atoms with Gasteiger partial charge in [-0.15, -0.1) is 0 Å². The van der Waals surface area contributed by atoms with Crippen molar-refractivity contribution in [2.45, 2.75) is 19.8 Å². The molecule has 2 rings (SSSR count). The van der Waals surface area contributed by atoms with Gasteiger partial charge in [-0.2, -0.15) is 4.98 Å². The Balaban J connectivity index is 2.71. The molecule has 4 heteroatoms. The van der Waals surface area contributed by atoms with E-state index in [1.54, 1.807) is 6.07 Å². The van der Waals surface area contributed by atoms with Crippen molar-refractivity contribution in [2.24, 2.45) is 0 Å². The Morgan fingerprint density at radius 2 is 2.14 bits per heavy atom. The Hall–Kier alpha value is -1.58. The summed E-state index contributed by atoms with van der Waals surface area (Å²) in [4.78, 5) is 3.89. The molecular weight excluding hydrogens is 183 g/mol. The first-order valence-electron chi connectivity index (χ1n) is 4.43.